The highest BCUT2D eigenvalue weighted by atomic mass is 16.5. The third-order valence-corrected chi connectivity index (χ3v) is 16.9. The molecule has 3 aliphatic carbocycles. The first-order valence-electron chi connectivity index (χ1n) is 29.3. The highest BCUT2D eigenvalue weighted by molar-refractivity contribution is 6.34. The normalized spacial score (nSPS) is 18.5. The number of aromatic hydroxyl groups is 2. The maximum atomic E-state index is 15.4. The Bertz CT molecular complexity index is 2930. The van der Waals surface area contributed by atoms with Gasteiger partial charge in [-0.1, -0.05) is 134 Å². The molecular weight excluding hydrogens is 957 g/mol. The number of aryl methyl sites for hydroxylation is 1. The van der Waals surface area contributed by atoms with Crippen LogP contribution in [-0.2, 0) is 0 Å². The molecule has 4 N–H and O–H groups in total. The maximum absolute atomic E-state index is 15.4. The van der Waals surface area contributed by atoms with Crippen molar-refractivity contribution < 1.29 is 34.0 Å². The molecule has 406 valence electrons. The molecule has 77 heavy (non-hydrogen) atoms. The molecule has 0 heterocycles. The molecule has 2 fully saturated rings. The minimum Gasteiger partial charge on any atom is -0.504 e. The first kappa shape index (κ1) is 55.0. The maximum Gasteiger partial charge on any atom is 0.200 e. The van der Waals surface area contributed by atoms with Crippen LogP contribution < -0.4 is 24.8 Å². The van der Waals surface area contributed by atoms with Crippen LogP contribution in [0.25, 0.3) is 0 Å². The van der Waals surface area contributed by atoms with Crippen LogP contribution in [0.2, 0.25) is 0 Å². The van der Waals surface area contributed by atoms with Gasteiger partial charge in [0.25, 0.3) is 0 Å². The number of benzene rings is 6. The van der Waals surface area contributed by atoms with Crippen molar-refractivity contribution >= 4 is 34.3 Å². The van der Waals surface area contributed by atoms with Gasteiger partial charge in [0, 0.05) is 23.5 Å². The average Bonchev–Trinajstić information content (AvgIpc) is 3.58. The summed E-state index contributed by atoms with van der Waals surface area (Å²) >= 11 is 0. The minimum atomic E-state index is -0.666. The summed E-state index contributed by atoms with van der Waals surface area (Å²) in [5, 5.41) is 31.4. The molecule has 0 spiro atoms. The molecule has 2 saturated carbocycles. The second-order valence-electron chi connectivity index (χ2n) is 22.6. The predicted molar refractivity (Wildman–Crippen MR) is 312 cm³/mol. The van der Waals surface area contributed by atoms with Crippen molar-refractivity contribution in [2.45, 2.75) is 168 Å². The molecule has 0 aliphatic heterocycles. The van der Waals surface area contributed by atoms with Crippen molar-refractivity contribution in [2.24, 2.45) is 17.8 Å². The number of fused-ring (bicyclic) bond motifs is 2. The summed E-state index contributed by atoms with van der Waals surface area (Å²) in [6.45, 7) is 11.4. The summed E-state index contributed by atoms with van der Waals surface area (Å²) in [6.07, 6.45) is 23.4. The SMILES string of the molecule is CCCCCC1CCC(c2ccc(Oc3cc(Nc4ccc(OCC(C)CCCC)cc4)c4c(c3O)C(=O)c3c(Nc5ccccc5C)cc(Oc5ccc(C6CCC(CCCCC)CC6)cc5)c(O)c3C4=O)cc2)CC1. The molecule has 9 nitrogen and oxygen atoms in total. The molecule has 0 radical (unpaired) electrons. The molecule has 6 aromatic rings. The van der Waals surface area contributed by atoms with Crippen LogP contribution in [0.1, 0.15) is 210 Å². The number of phenols is 2. The van der Waals surface area contributed by atoms with Gasteiger partial charge in [0.15, 0.2) is 23.0 Å². The molecule has 6 aromatic carbocycles. The summed E-state index contributed by atoms with van der Waals surface area (Å²) in [5.74, 6) is 2.38. The van der Waals surface area contributed by atoms with Crippen LogP contribution in [-0.4, -0.2) is 28.4 Å². The van der Waals surface area contributed by atoms with Gasteiger partial charge in [0.05, 0.1) is 40.2 Å². The molecule has 3 aliphatic rings. The Morgan fingerprint density at radius 1 is 0.519 bits per heavy atom. The first-order valence-corrected chi connectivity index (χ1v) is 29.3. The van der Waals surface area contributed by atoms with Crippen LogP contribution in [0.15, 0.2) is 109 Å². The zero-order chi connectivity index (χ0) is 53.8. The number of para-hydroxylation sites is 1. The second kappa shape index (κ2) is 26.1. The highest BCUT2D eigenvalue weighted by Crippen LogP contribution is 2.51. The number of phenolic OH excluding ortho intramolecular Hbond substituents is 2. The van der Waals surface area contributed by atoms with Crippen LogP contribution in [0.5, 0.6) is 40.2 Å². The topological polar surface area (TPSA) is 126 Å². The van der Waals surface area contributed by atoms with E-state index in [1.165, 1.54) is 101 Å². The first-order chi connectivity index (χ1) is 37.5. The van der Waals surface area contributed by atoms with E-state index >= 15 is 9.59 Å². The Labute approximate surface area is 458 Å². The average molecular weight is 1040 g/mol. The van der Waals surface area contributed by atoms with Gasteiger partial charge in [-0.15, -0.1) is 0 Å². The van der Waals surface area contributed by atoms with Crippen molar-refractivity contribution in [1.29, 1.82) is 0 Å². The molecule has 0 aromatic heterocycles. The van der Waals surface area contributed by atoms with Gasteiger partial charge in [0.2, 0.25) is 11.6 Å². The number of anilines is 4. The Morgan fingerprint density at radius 2 is 0.974 bits per heavy atom. The quantitative estimate of drug-likeness (QED) is 0.0346. The van der Waals surface area contributed by atoms with Crippen molar-refractivity contribution in [3.05, 3.63) is 148 Å². The molecular formula is C68H82N2O7. The number of nitrogens with one attached hydrogen (secondary N) is 2. The van der Waals surface area contributed by atoms with Crippen LogP contribution in [0.4, 0.5) is 22.7 Å². The summed E-state index contributed by atoms with van der Waals surface area (Å²) in [4.78, 5) is 30.9. The molecule has 0 bridgehead atoms. The number of rotatable bonds is 24. The van der Waals surface area contributed by atoms with Gasteiger partial charge in [-0.25, -0.2) is 0 Å². The van der Waals surface area contributed by atoms with E-state index in [9.17, 15) is 10.2 Å². The van der Waals surface area contributed by atoms with E-state index < -0.39 is 23.1 Å². The van der Waals surface area contributed by atoms with Crippen molar-refractivity contribution in [1.82, 2.24) is 0 Å². The van der Waals surface area contributed by atoms with Crippen LogP contribution in [0, 0.1) is 24.7 Å². The molecule has 0 saturated heterocycles. The Hall–Kier alpha value is -6.74. The zero-order valence-electron chi connectivity index (χ0n) is 46.4. The highest BCUT2D eigenvalue weighted by Gasteiger charge is 2.41. The number of ether oxygens (including phenoxy) is 3. The Balaban J connectivity index is 1.04. The fourth-order valence-corrected chi connectivity index (χ4v) is 12.1. The standard InChI is InChI=1S/C68H82N2O7/c1-6-9-12-18-46-21-25-48(26-22-46)50-29-35-54(36-30-50)76-59-41-57(69-52-33-39-53(40-34-52)75-43-44(4)16-11-8-3)61-63(65(59)71)68(74)62-58(70-56-20-15-14-17-45(56)5)42-60(66(72)64(62)67(61)73)77-55-37-31-51(32-38-55)49-27-23-47(24-28-49)19-13-10-7-2/h14-15,17,20,29-42,44,46-49,69-72H,6-13,16,18-19,21-28,43H2,1-5H3. The zero-order valence-corrected chi connectivity index (χ0v) is 46.4. The van der Waals surface area contributed by atoms with E-state index in [-0.39, 0.29) is 45.1 Å². The number of hydrogen-bond acceptors (Lipinski definition) is 9. The summed E-state index contributed by atoms with van der Waals surface area (Å²) < 4.78 is 19.1. The molecule has 9 heteroatoms. The number of unbranched alkanes of at least 4 members (excludes halogenated alkanes) is 5. The number of carbonyl (C=O) groups excluding carboxylic acids is 2. The van der Waals surface area contributed by atoms with Gasteiger partial charge in [-0.3, -0.25) is 9.59 Å². The third kappa shape index (κ3) is 13.3. The van der Waals surface area contributed by atoms with Crippen LogP contribution in [0.3, 0.4) is 0 Å². The molecule has 1 unspecified atom stereocenters. The van der Waals surface area contributed by atoms with E-state index in [2.05, 4.69) is 62.6 Å². The number of ketones is 2. The Kier molecular flexibility index (Phi) is 18.6. The van der Waals surface area contributed by atoms with E-state index in [0.717, 1.165) is 49.5 Å². The van der Waals surface area contributed by atoms with E-state index in [1.54, 1.807) is 12.1 Å². The predicted octanol–water partition coefficient (Wildman–Crippen LogP) is 19.2. The van der Waals surface area contributed by atoms with E-state index in [0.29, 0.717) is 53.0 Å². The fraction of sp³-hybridized carbons (Fsp3) is 0.441. The van der Waals surface area contributed by atoms with Crippen molar-refractivity contribution in [3.8, 4) is 40.2 Å². The monoisotopic (exact) mass is 1040 g/mol. The lowest BCUT2D eigenvalue weighted by atomic mass is 9.77. The Morgan fingerprint density at radius 3 is 1.44 bits per heavy atom. The number of hydrogen-bond donors (Lipinski definition) is 4. The van der Waals surface area contributed by atoms with Crippen LogP contribution >= 0.6 is 0 Å². The molecule has 1 atom stereocenters. The van der Waals surface area contributed by atoms with Gasteiger partial charge in [-0.05, 0) is 166 Å². The summed E-state index contributed by atoms with van der Waals surface area (Å²) in [6, 6.07) is 34.3. The van der Waals surface area contributed by atoms with Gasteiger partial charge >= 0.3 is 0 Å². The second-order valence-corrected chi connectivity index (χ2v) is 22.6. The largest absolute Gasteiger partial charge is 0.504 e. The lowest BCUT2D eigenvalue weighted by Gasteiger charge is -2.29. The third-order valence-electron chi connectivity index (χ3n) is 16.9. The van der Waals surface area contributed by atoms with Gasteiger partial charge in [0.1, 0.15) is 17.2 Å². The summed E-state index contributed by atoms with van der Waals surface area (Å²) in [7, 11) is 0. The number of carbonyl (C=O) groups is 2. The van der Waals surface area contributed by atoms with E-state index in [1.807, 2.05) is 79.7 Å². The van der Waals surface area contributed by atoms with Gasteiger partial charge in [-0.2, -0.15) is 0 Å². The smallest absolute Gasteiger partial charge is 0.200 e. The fourth-order valence-electron chi connectivity index (χ4n) is 12.1. The minimum absolute atomic E-state index is 0.00161. The van der Waals surface area contributed by atoms with Crippen molar-refractivity contribution in [2.75, 3.05) is 17.2 Å². The van der Waals surface area contributed by atoms with Gasteiger partial charge < -0.3 is 35.1 Å². The van der Waals surface area contributed by atoms with E-state index in [4.69, 9.17) is 14.2 Å². The lowest BCUT2D eigenvalue weighted by molar-refractivity contribution is 0.0974. The summed E-state index contributed by atoms with van der Waals surface area (Å²) in [5.41, 5.74) is 4.53. The molecule has 9 rings (SSSR count). The molecule has 0 amide bonds. The van der Waals surface area contributed by atoms with Crippen molar-refractivity contribution in [3.63, 3.8) is 0 Å². The lowest BCUT2D eigenvalue weighted by Crippen LogP contribution is -2.24.